The van der Waals surface area contributed by atoms with Crippen LogP contribution in [0.4, 0.5) is 5.69 Å². The Hall–Kier alpha value is -4.59. The summed E-state index contributed by atoms with van der Waals surface area (Å²) in [5.41, 5.74) is 2.46. The number of anilines is 1. The predicted molar refractivity (Wildman–Crippen MR) is 135 cm³/mol. The standard InChI is InChI=1S/C25H29N7O7/c1-27-23(38)18(33)5-4-15(29-21(36)14-7-17(20(26)35)28-11-14)22(37)30-16-3-2-6-32(24(16)39)12-19(34)31-25-8-13(9-25)10-25/h2-3,6-7,11,13,15,28H,4-5,8-10,12H2,1H3,(H2,26,35)(H,27,38)(H,29,36)(H,30,37)(H,31,34)/p+1/t13?,15-,25?/m0/s1. The lowest BCUT2D eigenvalue weighted by Crippen LogP contribution is -2.68. The van der Waals surface area contributed by atoms with Gasteiger partial charge in [-0.05, 0) is 49.8 Å². The second kappa shape index (κ2) is 11.0. The molecule has 3 fully saturated rings. The van der Waals surface area contributed by atoms with Gasteiger partial charge < -0.3 is 30.8 Å². The van der Waals surface area contributed by atoms with Gasteiger partial charge >= 0.3 is 5.91 Å². The largest absolute Gasteiger partial charge is 0.357 e. The molecule has 39 heavy (non-hydrogen) atoms. The molecule has 2 aromatic rings. The summed E-state index contributed by atoms with van der Waals surface area (Å²) in [6, 6.07) is 2.78. The zero-order chi connectivity index (χ0) is 28.3. The Morgan fingerprint density at radius 3 is 2.49 bits per heavy atom. The van der Waals surface area contributed by atoms with Crippen molar-refractivity contribution in [2.75, 3.05) is 12.4 Å². The number of quaternary nitrogens is 1. The smallest absolute Gasteiger partial charge is 0.353 e. The number of aromatic amines is 1. The molecule has 0 radical (unpaired) electrons. The summed E-state index contributed by atoms with van der Waals surface area (Å²) in [6.07, 6.45) is 4.93. The number of Topliss-reactive ketones (excluding diaryl/α,β-unsaturated/α-hetero) is 1. The predicted octanol–water partition coefficient (Wildman–Crippen LogP) is -1.94. The van der Waals surface area contributed by atoms with Crippen molar-refractivity contribution >= 4 is 41.0 Å². The second-order valence-corrected chi connectivity index (χ2v) is 9.94. The van der Waals surface area contributed by atoms with Gasteiger partial charge in [0.05, 0.1) is 5.56 Å². The first-order valence-corrected chi connectivity index (χ1v) is 12.4. The van der Waals surface area contributed by atoms with Crippen molar-refractivity contribution in [3.63, 3.8) is 0 Å². The van der Waals surface area contributed by atoms with Crippen LogP contribution in [-0.4, -0.2) is 63.5 Å². The second-order valence-electron chi connectivity index (χ2n) is 9.94. The third-order valence-electron chi connectivity index (χ3n) is 7.04. The molecule has 206 valence electrons. The molecule has 3 aliphatic carbocycles. The van der Waals surface area contributed by atoms with Gasteiger partial charge in [-0.15, -0.1) is 0 Å². The zero-order valence-corrected chi connectivity index (χ0v) is 21.3. The number of hydrogen-bond acceptors (Lipinski definition) is 7. The van der Waals surface area contributed by atoms with Crippen molar-refractivity contribution in [1.29, 1.82) is 0 Å². The molecule has 0 saturated heterocycles. The molecule has 0 spiro atoms. The molecule has 5 amide bonds. The van der Waals surface area contributed by atoms with Crippen LogP contribution in [-0.2, 0) is 25.7 Å². The van der Waals surface area contributed by atoms with Crippen LogP contribution in [0.25, 0.3) is 0 Å². The van der Waals surface area contributed by atoms with Crippen LogP contribution in [0.2, 0.25) is 0 Å². The topological polar surface area (TPSA) is 216 Å². The molecule has 2 heterocycles. The highest BCUT2D eigenvalue weighted by Crippen LogP contribution is 2.56. The molecule has 3 saturated carbocycles. The number of rotatable bonds is 12. The number of pyridine rings is 1. The number of carbonyl (C=O) groups is 6. The minimum atomic E-state index is -1.32. The van der Waals surface area contributed by atoms with E-state index in [-0.39, 0.29) is 47.8 Å². The lowest BCUT2D eigenvalue weighted by molar-refractivity contribution is -0.255. The molecule has 14 heteroatoms. The summed E-state index contributed by atoms with van der Waals surface area (Å²) in [6.45, 7) is -0.226. The number of nitrogens with one attached hydrogen (secondary N) is 5. The van der Waals surface area contributed by atoms with E-state index >= 15 is 0 Å². The van der Waals surface area contributed by atoms with E-state index in [9.17, 15) is 33.6 Å². The van der Waals surface area contributed by atoms with Gasteiger partial charge in [0.15, 0.2) is 0 Å². The number of amides is 5. The molecule has 0 unspecified atom stereocenters. The zero-order valence-electron chi connectivity index (χ0n) is 21.3. The van der Waals surface area contributed by atoms with Crippen molar-refractivity contribution < 1.29 is 34.5 Å². The van der Waals surface area contributed by atoms with E-state index in [0.29, 0.717) is 5.92 Å². The first-order chi connectivity index (χ1) is 18.5. The van der Waals surface area contributed by atoms with E-state index in [4.69, 9.17) is 0 Å². The lowest BCUT2D eigenvalue weighted by Gasteiger charge is -2.61. The fraction of sp³-hybridized carbons (Fsp3) is 0.400. The van der Waals surface area contributed by atoms with E-state index in [1.807, 2.05) is 0 Å². The molecular formula is C25H30N7O7+. The van der Waals surface area contributed by atoms with Gasteiger partial charge in [0, 0.05) is 31.4 Å². The van der Waals surface area contributed by atoms with Crippen LogP contribution in [0.5, 0.6) is 0 Å². The van der Waals surface area contributed by atoms with Crippen molar-refractivity contribution in [3.05, 3.63) is 52.2 Å². The SMILES string of the molecule is CNC(=O)C(=O)CC[C@H](NC(=O)c1c[nH]c(C([NH3+])=O)c1)C(=O)Nc1cccn(CC(=O)NC23CC(C2)C3)c1=O. The van der Waals surface area contributed by atoms with Gasteiger partial charge in [0.2, 0.25) is 17.6 Å². The number of aromatic nitrogens is 2. The molecule has 5 rings (SSSR count). The summed E-state index contributed by atoms with van der Waals surface area (Å²) in [7, 11) is 1.29. The van der Waals surface area contributed by atoms with Crippen LogP contribution in [0.1, 0.15) is 53.0 Å². The maximum absolute atomic E-state index is 13.1. The number of likely N-dealkylation sites (N-methyl/N-ethyl adjacent to an activating group) is 1. The molecule has 2 aromatic heterocycles. The van der Waals surface area contributed by atoms with Crippen molar-refractivity contribution in [2.24, 2.45) is 5.92 Å². The summed E-state index contributed by atoms with van der Waals surface area (Å²) in [5.74, 6) is -3.37. The monoisotopic (exact) mass is 540 g/mol. The Balaban J connectivity index is 1.45. The van der Waals surface area contributed by atoms with Gasteiger partial charge in [-0.25, -0.2) is 4.79 Å². The number of H-pyrrole nitrogens is 1. The Morgan fingerprint density at radius 2 is 1.90 bits per heavy atom. The molecule has 14 nitrogen and oxygen atoms in total. The molecular weight excluding hydrogens is 510 g/mol. The quantitative estimate of drug-likeness (QED) is 0.167. The van der Waals surface area contributed by atoms with E-state index in [0.717, 1.165) is 23.8 Å². The van der Waals surface area contributed by atoms with Gasteiger partial charge in [-0.3, -0.25) is 34.5 Å². The summed E-state index contributed by atoms with van der Waals surface area (Å²) >= 11 is 0. The van der Waals surface area contributed by atoms with Crippen LogP contribution in [0.3, 0.4) is 0 Å². The summed E-state index contributed by atoms with van der Waals surface area (Å²) < 4.78 is 1.16. The van der Waals surface area contributed by atoms with Gasteiger partial charge in [0.25, 0.3) is 17.4 Å². The maximum Gasteiger partial charge on any atom is 0.357 e. The summed E-state index contributed by atoms with van der Waals surface area (Å²) in [4.78, 5) is 89.0. The Morgan fingerprint density at radius 1 is 1.18 bits per heavy atom. The minimum Gasteiger partial charge on any atom is -0.353 e. The van der Waals surface area contributed by atoms with E-state index < -0.39 is 41.0 Å². The maximum atomic E-state index is 13.1. The van der Waals surface area contributed by atoms with E-state index in [2.05, 4.69) is 32.0 Å². The van der Waals surface area contributed by atoms with Crippen molar-refractivity contribution in [1.82, 2.24) is 25.5 Å². The van der Waals surface area contributed by atoms with Gasteiger partial charge in [-0.1, -0.05) is 0 Å². The molecule has 0 aliphatic heterocycles. The molecule has 0 aromatic carbocycles. The highest BCUT2D eigenvalue weighted by atomic mass is 16.2. The normalized spacial score (nSPS) is 19.5. The number of carbonyl (C=O) groups excluding carboxylic acids is 6. The summed E-state index contributed by atoms with van der Waals surface area (Å²) in [5, 5.41) is 10.1. The van der Waals surface area contributed by atoms with E-state index in [1.165, 1.54) is 37.6 Å². The highest BCUT2D eigenvalue weighted by Gasteiger charge is 2.57. The fourth-order valence-electron chi connectivity index (χ4n) is 4.82. The third kappa shape index (κ3) is 6.12. The Bertz CT molecular complexity index is 1390. The minimum absolute atomic E-state index is 0.0363. The van der Waals surface area contributed by atoms with Crippen molar-refractivity contribution in [3.8, 4) is 0 Å². The lowest BCUT2D eigenvalue weighted by atomic mass is 9.50. The molecule has 1 atom stereocenters. The van der Waals surface area contributed by atoms with Gasteiger partial charge in [-0.2, -0.15) is 0 Å². The Labute approximate surface area is 222 Å². The average Bonchev–Trinajstić information content (AvgIpc) is 3.36. The first kappa shape index (κ1) is 27.4. The third-order valence-corrected chi connectivity index (χ3v) is 7.04. The van der Waals surface area contributed by atoms with Crippen LogP contribution in [0, 0.1) is 5.92 Å². The molecule has 2 bridgehead atoms. The fourth-order valence-corrected chi connectivity index (χ4v) is 4.82. The number of ketones is 1. The van der Waals surface area contributed by atoms with E-state index in [1.54, 1.807) is 0 Å². The highest BCUT2D eigenvalue weighted by molar-refractivity contribution is 6.36. The average molecular weight is 541 g/mol. The first-order valence-electron chi connectivity index (χ1n) is 12.4. The number of hydrogen-bond donors (Lipinski definition) is 6. The van der Waals surface area contributed by atoms with Gasteiger partial charge in [0.1, 0.15) is 24.0 Å². The van der Waals surface area contributed by atoms with Crippen LogP contribution < -0.4 is 32.6 Å². The van der Waals surface area contributed by atoms with Crippen molar-refractivity contribution in [2.45, 2.75) is 50.2 Å². The Kier molecular flexibility index (Phi) is 7.76. The number of nitrogens with zero attached hydrogens (tertiary/aromatic N) is 1. The molecule has 8 N–H and O–H groups in total. The van der Waals surface area contributed by atoms with Crippen LogP contribution >= 0.6 is 0 Å². The molecule has 3 aliphatic rings. The van der Waals surface area contributed by atoms with Crippen LogP contribution in [0.15, 0.2) is 35.4 Å².